The fourth-order valence-electron chi connectivity index (χ4n) is 2.23. The van der Waals surface area contributed by atoms with E-state index in [0.29, 0.717) is 29.8 Å². The minimum atomic E-state index is -0.392. The van der Waals surface area contributed by atoms with Crippen LogP contribution in [0.5, 0.6) is 0 Å². The summed E-state index contributed by atoms with van der Waals surface area (Å²) < 4.78 is 5.02. The molecule has 2 heterocycles. The number of fused-ring (bicyclic) bond motifs is 1. The molecule has 1 aliphatic rings. The first-order valence-corrected chi connectivity index (χ1v) is 6.92. The van der Waals surface area contributed by atoms with Crippen molar-refractivity contribution >= 4 is 28.0 Å². The standard InChI is InChI=1S/C14H10N2O3S/c15-7-10-9-4-3-8(17)6-12(9)20-14(10)16-13(18)11-2-1-5-19-11/h1-2,5H,3-4,6H2,(H,16,18). The number of carbonyl (C=O) groups is 2. The number of thiophene rings is 1. The van der Waals surface area contributed by atoms with E-state index < -0.39 is 5.91 Å². The number of nitriles is 1. The quantitative estimate of drug-likeness (QED) is 0.919. The van der Waals surface area contributed by atoms with Crippen molar-refractivity contribution in [2.24, 2.45) is 0 Å². The van der Waals surface area contributed by atoms with Gasteiger partial charge in [0, 0.05) is 17.7 Å². The Morgan fingerprint density at radius 3 is 3.00 bits per heavy atom. The lowest BCUT2D eigenvalue weighted by Crippen LogP contribution is -2.12. The summed E-state index contributed by atoms with van der Waals surface area (Å²) in [5.41, 5.74) is 1.37. The van der Waals surface area contributed by atoms with E-state index in [-0.39, 0.29) is 11.5 Å². The van der Waals surface area contributed by atoms with Gasteiger partial charge in [0.1, 0.15) is 16.9 Å². The molecule has 0 atom stereocenters. The van der Waals surface area contributed by atoms with E-state index in [9.17, 15) is 14.9 Å². The van der Waals surface area contributed by atoms with Crippen molar-refractivity contribution in [1.82, 2.24) is 0 Å². The maximum atomic E-state index is 11.9. The molecule has 2 aromatic heterocycles. The van der Waals surface area contributed by atoms with Gasteiger partial charge < -0.3 is 9.73 Å². The van der Waals surface area contributed by atoms with Crippen LogP contribution >= 0.6 is 11.3 Å². The Hall–Kier alpha value is -2.39. The molecule has 5 nitrogen and oxygen atoms in total. The first-order chi connectivity index (χ1) is 9.69. The van der Waals surface area contributed by atoms with Crippen LogP contribution in [0.1, 0.15) is 33.0 Å². The number of nitrogens with one attached hydrogen (secondary N) is 1. The molecule has 20 heavy (non-hydrogen) atoms. The Morgan fingerprint density at radius 2 is 2.30 bits per heavy atom. The topological polar surface area (TPSA) is 83.1 Å². The number of carbonyl (C=O) groups excluding carboxylic acids is 2. The molecule has 1 amide bonds. The predicted molar refractivity (Wildman–Crippen MR) is 72.7 cm³/mol. The number of amides is 1. The van der Waals surface area contributed by atoms with Crippen LogP contribution in [0.4, 0.5) is 5.00 Å². The van der Waals surface area contributed by atoms with E-state index in [4.69, 9.17) is 4.42 Å². The average molecular weight is 286 g/mol. The zero-order chi connectivity index (χ0) is 14.1. The van der Waals surface area contributed by atoms with E-state index in [1.54, 1.807) is 12.1 Å². The number of anilines is 1. The first-order valence-electron chi connectivity index (χ1n) is 6.10. The highest BCUT2D eigenvalue weighted by Crippen LogP contribution is 2.37. The molecule has 0 spiro atoms. The molecular weight excluding hydrogens is 276 g/mol. The lowest BCUT2D eigenvalue weighted by molar-refractivity contribution is -0.118. The molecule has 1 N–H and O–H groups in total. The molecule has 0 fully saturated rings. The minimum Gasteiger partial charge on any atom is -0.459 e. The highest BCUT2D eigenvalue weighted by molar-refractivity contribution is 7.16. The average Bonchev–Trinajstić information content (AvgIpc) is 3.04. The second-order valence-electron chi connectivity index (χ2n) is 4.47. The van der Waals surface area contributed by atoms with Crippen molar-refractivity contribution < 1.29 is 14.0 Å². The molecule has 3 rings (SSSR count). The molecule has 0 unspecified atom stereocenters. The van der Waals surface area contributed by atoms with Crippen LogP contribution in [0.2, 0.25) is 0 Å². The molecule has 0 radical (unpaired) electrons. The molecule has 100 valence electrons. The van der Waals surface area contributed by atoms with Gasteiger partial charge in [-0.1, -0.05) is 0 Å². The zero-order valence-electron chi connectivity index (χ0n) is 10.4. The Kier molecular flexibility index (Phi) is 3.12. The van der Waals surface area contributed by atoms with Gasteiger partial charge in [0.05, 0.1) is 11.8 Å². The lowest BCUT2D eigenvalue weighted by atomic mass is 9.95. The molecule has 0 bridgehead atoms. The molecule has 0 aliphatic heterocycles. The number of furan rings is 1. The van der Waals surface area contributed by atoms with Crippen LogP contribution in [0.25, 0.3) is 0 Å². The van der Waals surface area contributed by atoms with Crippen molar-refractivity contribution in [1.29, 1.82) is 5.26 Å². The third-order valence-electron chi connectivity index (χ3n) is 3.19. The summed E-state index contributed by atoms with van der Waals surface area (Å²) in [6.45, 7) is 0. The number of hydrogen-bond donors (Lipinski definition) is 1. The smallest absolute Gasteiger partial charge is 0.291 e. The van der Waals surface area contributed by atoms with Gasteiger partial charge in [-0.05, 0) is 24.1 Å². The van der Waals surface area contributed by atoms with Crippen molar-refractivity contribution in [2.75, 3.05) is 5.32 Å². The van der Waals surface area contributed by atoms with E-state index in [1.807, 2.05) is 0 Å². The van der Waals surface area contributed by atoms with Crippen LogP contribution in [0.3, 0.4) is 0 Å². The highest BCUT2D eigenvalue weighted by Gasteiger charge is 2.25. The fraction of sp³-hybridized carbons (Fsp3) is 0.214. The van der Waals surface area contributed by atoms with E-state index in [0.717, 1.165) is 10.4 Å². The lowest BCUT2D eigenvalue weighted by Gasteiger charge is -2.08. The maximum Gasteiger partial charge on any atom is 0.291 e. The Morgan fingerprint density at radius 1 is 1.45 bits per heavy atom. The van der Waals surface area contributed by atoms with Crippen molar-refractivity contribution in [3.63, 3.8) is 0 Å². The van der Waals surface area contributed by atoms with Gasteiger partial charge in [-0.3, -0.25) is 9.59 Å². The molecule has 6 heteroatoms. The normalized spacial score (nSPS) is 13.7. The predicted octanol–water partition coefficient (Wildman–Crippen LogP) is 2.52. The fourth-order valence-corrected chi connectivity index (χ4v) is 3.45. The number of ketones is 1. The summed E-state index contributed by atoms with van der Waals surface area (Å²) in [5, 5.41) is 12.5. The molecule has 0 saturated carbocycles. The zero-order valence-corrected chi connectivity index (χ0v) is 11.3. The molecule has 2 aromatic rings. The summed E-state index contributed by atoms with van der Waals surface area (Å²) in [7, 11) is 0. The van der Waals surface area contributed by atoms with Crippen molar-refractivity contribution in [2.45, 2.75) is 19.3 Å². The van der Waals surface area contributed by atoms with E-state index >= 15 is 0 Å². The van der Waals surface area contributed by atoms with Gasteiger partial charge in [0.2, 0.25) is 0 Å². The Labute approximate surface area is 118 Å². The molecule has 0 saturated heterocycles. The van der Waals surface area contributed by atoms with Crippen molar-refractivity contribution in [3.05, 3.63) is 40.2 Å². The second kappa shape index (κ2) is 4.94. The number of nitrogens with zero attached hydrogens (tertiary/aromatic N) is 1. The highest BCUT2D eigenvalue weighted by atomic mass is 32.1. The largest absolute Gasteiger partial charge is 0.459 e. The summed E-state index contributed by atoms with van der Waals surface area (Å²) in [6.07, 6.45) is 2.80. The minimum absolute atomic E-state index is 0.173. The van der Waals surface area contributed by atoms with E-state index in [2.05, 4.69) is 11.4 Å². The van der Waals surface area contributed by atoms with Crippen molar-refractivity contribution in [3.8, 4) is 6.07 Å². The van der Waals surface area contributed by atoms with Crippen LogP contribution in [-0.2, 0) is 17.6 Å². The third kappa shape index (κ3) is 2.12. The van der Waals surface area contributed by atoms with Crippen LogP contribution < -0.4 is 5.32 Å². The van der Waals surface area contributed by atoms with Crippen LogP contribution in [0.15, 0.2) is 22.8 Å². The summed E-state index contributed by atoms with van der Waals surface area (Å²) >= 11 is 1.30. The molecular formula is C14H10N2O3S. The van der Waals surface area contributed by atoms with Crippen LogP contribution in [-0.4, -0.2) is 11.7 Å². The third-order valence-corrected chi connectivity index (χ3v) is 4.33. The van der Waals surface area contributed by atoms with Gasteiger partial charge in [0.15, 0.2) is 5.76 Å². The van der Waals surface area contributed by atoms with E-state index in [1.165, 1.54) is 17.6 Å². The molecule has 1 aliphatic carbocycles. The van der Waals surface area contributed by atoms with Gasteiger partial charge in [0.25, 0.3) is 5.91 Å². The maximum absolute atomic E-state index is 11.9. The second-order valence-corrected chi connectivity index (χ2v) is 5.57. The summed E-state index contributed by atoms with van der Waals surface area (Å²) in [4.78, 5) is 24.3. The number of Topliss-reactive ketones (excluding diaryl/α,β-unsaturated/α-hetero) is 1. The van der Waals surface area contributed by atoms with Crippen LogP contribution in [0, 0.1) is 11.3 Å². The number of hydrogen-bond acceptors (Lipinski definition) is 5. The van der Waals surface area contributed by atoms with Gasteiger partial charge in [-0.25, -0.2) is 0 Å². The van der Waals surface area contributed by atoms with Gasteiger partial charge >= 0.3 is 0 Å². The summed E-state index contributed by atoms with van der Waals surface area (Å²) in [5.74, 6) is -0.0279. The Balaban J connectivity index is 1.93. The van der Waals surface area contributed by atoms with Gasteiger partial charge in [-0.15, -0.1) is 11.3 Å². The monoisotopic (exact) mass is 286 g/mol. The number of rotatable bonds is 2. The SMILES string of the molecule is N#Cc1c(NC(=O)c2ccco2)sc2c1CCC(=O)C2. The summed E-state index contributed by atoms with van der Waals surface area (Å²) in [6, 6.07) is 5.30. The molecule has 0 aromatic carbocycles. The van der Waals surface area contributed by atoms with Gasteiger partial charge in [-0.2, -0.15) is 5.26 Å². The first kappa shape index (κ1) is 12.6. The Bertz CT molecular complexity index is 722.